The Morgan fingerprint density at radius 1 is 1.42 bits per heavy atom. The van der Waals surface area contributed by atoms with Crippen molar-refractivity contribution < 1.29 is 9.90 Å². The highest BCUT2D eigenvalue weighted by atomic mass is 32.2. The molecule has 2 heterocycles. The summed E-state index contributed by atoms with van der Waals surface area (Å²) in [7, 11) is 0. The fourth-order valence-corrected chi connectivity index (χ4v) is 2.17. The Labute approximate surface area is 113 Å². The smallest absolute Gasteiger partial charge is 0.337 e. The van der Waals surface area contributed by atoms with E-state index in [1.54, 1.807) is 23.0 Å². The Balaban J connectivity index is 2.26. The number of aryl methyl sites for hydroxylation is 1. The lowest BCUT2D eigenvalue weighted by molar-refractivity contribution is 0.0696. The predicted molar refractivity (Wildman–Crippen MR) is 69.5 cm³/mol. The number of carboxylic acid groups (broad SMARTS) is 1. The fourth-order valence-electron chi connectivity index (χ4n) is 1.41. The highest BCUT2D eigenvalue weighted by Gasteiger charge is 2.08. The van der Waals surface area contributed by atoms with Crippen LogP contribution in [0.1, 0.15) is 17.3 Å². The Morgan fingerprint density at radius 3 is 2.79 bits per heavy atom. The van der Waals surface area contributed by atoms with Gasteiger partial charge in [-0.2, -0.15) is 0 Å². The molecule has 0 aromatic carbocycles. The van der Waals surface area contributed by atoms with Gasteiger partial charge >= 0.3 is 5.97 Å². The van der Waals surface area contributed by atoms with Crippen LogP contribution in [0.3, 0.4) is 0 Å². The van der Waals surface area contributed by atoms with Crippen LogP contribution in [0.25, 0.3) is 0 Å². The van der Waals surface area contributed by atoms with Crippen molar-refractivity contribution in [2.45, 2.75) is 23.5 Å². The van der Waals surface area contributed by atoms with Gasteiger partial charge < -0.3 is 9.67 Å². The summed E-state index contributed by atoms with van der Waals surface area (Å²) in [6.45, 7) is 2.44. The van der Waals surface area contributed by atoms with E-state index in [-0.39, 0.29) is 11.1 Å². The molecule has 19 heavy (non-hydrogen) atoms. The summed E-state index contributed by atoms with van der Waals surface area (Å²) >= 11 is 1.12. The molecule has 0 bridgehead atoms. The molecule has 0 unspecified atom stereocenters. The van der Waals surface area contributed by atoms with Gasteiger partial charge in [-0.05, 0) is 30.8 Å². The van der Waals surface area contributed by atoms with Gasteiger partial charge in [-0.3, -0.25) is 4.79 Å². The molecule has 0 spiro atoms. The standard InChI is InChI=1S/C12H11N3O3S/c1-2-15-6-5-13-10(11(15)16)19-9-4-3-8(7-14-9)12(17)18/h3-7H,2H2,1H3,(H,17,18). The summed E-state index contributed by atoms with van der Waals surface area (Å²) in [5.41, 5.74) is -0.0737. The third-order valence-electron chi connectivity index (χ3n) is 2.41. The number of nitrogens with zero attached hydrogens (tertiary/aromatic N) is 3. The number of aromatic nitrogens is 3. The summed E-state index contributed by atoms with van der Waals surface area (Å²) in [5, 5.41) is 9.62. The first-order valence-corrected chi connectivity index (χ1v) is 6.36. The molecule has 2 rings (SSSR count). The molecule has 0 atom stereocenters. The Bertz CT molecular complexity index is 652. The topological polar surface area (TPSA) is 85.1 Å². The molecule has 0 aliphatic rings. The number of hydrogen-bond donors (Lipinski definition) is 1. The number of pyridine rings is 1. The summed E-state index contributed by atoms with van der Waals surface area (Å²) in [6, 6.07) is 3.00. The highest BCUT2D eigenvalue weighted by molar-refractivity contribution is 7.99. The molecule has 0 aliphatic carbocycles. The number of carboxylic acids is 1. The van der Waals surface area contributed by atoms with Crippen LogP contribution < -0.4 is 5.56 Å². The van der Waals surface area contributed by atoms with Crippen molar-refractivity contribution in [1.29, 1.82) is 0 Å². The Morgan fingerprint density at radius 2 is 2.21 bits per heavy atom. The van der Waals surface area contributed by atoms with E-state index < -0.39 is 5.97 Å². The van der Waals surface area contributed by atoms with E-state index in [2.05, 4.69) is 9.97 Å². The lowest BCUT2D eigenvalue weighted by Crippen LogP contribution is -2.20. The summed E-state index contributed by atoms with van der Waals surface area (Å²) in [5.74, 6) is -1.03. The summed E-state index contributed by atoms with van der Waals surface area (Å²) in [4.78, 5) is 30.6. The Hall–Kier alpha value is -2.15. The SMILES string of the molecule is CCn1ccnc(Sc2ccc(C(=O)O)cn2)c1=O. The van der Waals surface area contributed by atoms with Gasteiger partial charge in [-0.1, -0.05) is 0 Å². The lowest BCUT2D eigenvalue weighted by atomic mass is 10.3. The minimum absolute atomic E-state index is 0.108. The van der Waals surface area contributed by atoms with Crippen LogP contribution in [0.4, 0.5) is 0 Å². The van der Waals surface area contributed by atoms with Gasteiger partial charge in [0.2, 0.25) is 0 Å². The van der Waals surface area contributed by atoms with Crippen LogP contribution in [0.2, 0.25) is 0 Å². The van der Waals surface area contributed by atoms with Crippen molar-refractivity contribution in [3.8, 4) is 0 Å². The van der Waals surface area contributed by atoms with Crippen LogP contribution in [-0.4, -0.2) is 25.6 Å². The minimum Gasteiger partial charge on any atom is -0.478 e. The van der Waals surface area contributed by atoms with Crippen molar-refractivity contribution >= 4 is 17.7 Å². The van der Waals surface area contributed by atoms with Gasteiger partial charge in [0.05, 0.1) is 5.56 Å². The van der Waals surface area contributed by atoms with Crippen molar-refractivity contribution in [2.75, 3.05) is 0 Å². The quantitative estimate of drug-likeness (QED) is 0.911. The van der Waals surface area contributed by atoms with Crippen molar-refractivity contribution in [2.24, 2.45) is 0 Å². The second-order valence-corrected chi connectivity index (χ2v) is 4.62. The van der Waals surface area contributed by atoms with E-state index in [4.69, 9.17) is 5.11 Å². The second-order valence-electron chi connectivity index (χ2n) is 3.62. The van der Waals surface area contributed by atoms with Crippen molar-refractivity contribution in [3.63, 3.8) is 0 Å². The molecule has 6 nitrogen and oxygen atoms in total. The monoisotopic (exact) mass is 277 g/mol. The second kappa shape index (κ2) is 5.66. The largest absolute Gasteiger partial charge is 0.478 e. The Kier molecular flexibility index (Phi) is 3.96. The zero-order chi connectivity index (χ0) is 13.8. The van der Waals surface area contributed by atoms with Gasteiger partial charge in [0.15, 0.2) is 5.03 Å². The maximum Gasteiger partial charge on any atom is 0.337 e. The van der Waals surface area contributed by atoms with E-state index in [0.29, 0.717) is 16.6 Å². The van der Waals surface area contributed by atoms with Gasteiger partial charge in [-0.25, -0.2) is 14.8 Å². The van der Waals surface area contributed by atoms with Crippen LogP contribution in [0.15, 0.2) is 45.6 Å². The van der Waals surface area contributed by atoms with Gasteiger partial charge in [-0.15, -0.1) is 0 Å². The number of hydrogen-bond acceptors (Lipinski definition) is 5. The van der Waals surface area contributed by atoms with E-state index >= 15 is 0 Å². The molecule has 0 fully saturated rings. The maximum atomic E-state index is 11.9. The first kappa shape index (κ1) is 13.3. The van der Waals surface area contributed by atoms with Crippen molar-refractivity contribution in [3.05, 3.63) is 46.6 Å². The highest BCUT2D eigenvalue weighted by Crippen LogP contribution is 2.20. The fraction of sp³-hybridized carbons (Fsp3) is 0.167. The molecule has 0 radical (unpaired) electrons. The third-order valence-corrected chi connectivity index (χ3v) is 3.33. The molecule has 7 heteroatoms. The molecule has 0 saturated carbocycles. The number of carbonyl (C=O) groups is 1. The van der Waals surface area contributed by atoms with Crippen LogP contribution in [-0.2, 0) is 6.54 Å². The van der Waals surface area contributed by atoms with Gasteiger partial charge in [0, 0.05) is 25.1 Å². The molecule has 98 valence electrons. The predicted octanol–water partition coefficient (Wildman–Crippen LogP) is 1.51. The minimum atomic E-state index is -1.03. The molecule has 0 saturated heterocycles. The average Bonchev–Trinajstić information content (AvgIpc) is 2.42. The lowest BCUT2D eigenvalue weighted by Gasteiger charge is -2.03. The first-order chi connectivity index (χ1) is 9.11. The van der Waals surface area contributed by atoms with E-state index in [0.717, 1.165) is 11.8 Å². The van der Waals surface area contributed by atoms with Gasteiger partial charge in [0.25, 0.3) is 5.56 Å². The summed E-state index contributed by atoms with van der Waals surface area (Å²) in [6.07, 6.45) is 4.43. The number of aromatic carboxylic acids is 1. The van der Waals surface area contributed by atoms with Crippen LogP contribution in [0, 0.1) is 0 Å². The van der Waals surface area contributed by atoms with E-state index in [1.807, 2.05) is 6.92 Å². The average molecular weight is 277 g/mol. The molecule has 2 aromatic heterocycles. The molecule has 0 aliphatic heterocycles. The van der Waals surface area contributed by atoms with E-state index in [1.165, 1.54) is 12.3 Å². The first-order valence-electron chi connectivity index (χ1n) is 5.54. The molecule has 0 amide bonds. The molecular formula is C12H11N3O3S. The molecule has 2 aromatic rings. The van der Waals surface area contributed by atoms with Crippen LogP contribution in [0.5, 0.6) is 0 Å². The third kappa shape index (κ3) is 3.00. The zero-order valence-corrected chi connectivity index (χ0v) is 10.9. The normalized spacial score (nSPS) is 10.4. The van der Waals surface area contributed by atoms with Crippen LogP contribution >= 0.6 is 11.8 Å². The zero-order valence-electron chi connectivity index (χ0n) is 10.1. The molecular weight excluding hydrogens is 266 g/mol. The maximum absolute atomic E-state index is 11.9. The number of rotatable bonds is 4. The van der Waals surface area contributed by atoms with Gasteiger partial charge in [0.1, 0.15) is 5.03 Å². The van der Waals surface area contributed by atoms with E-state index in [9.17, 15) is 9.59 Å². The molecule has 1 N–H and O–H groups in total. The van der Waals surface area contributed by atoms with Crippen molar-refractivity contribution in [1.82, 2.24) is 14.5 Å². The summed E-state index contributed by atoms with van der Waals surface area (Å²) < 4.78 is 1.54.